The van der Waals surface area contributed by atoms with E-state index < -0.39 is 10.0 Å². The molecule has 0 saturated carbocycles. The minimum absolute atomic E-state index is 0.333. The molecule has 0 radical (unpaired) electrons. The predicted molar refractivity (Wildman–Crippen MR) is 83.5 cm³/mol. The minimum Gasteiger partial charge on any atom is -0.381 e. The molecule has 114 valence electrons. The van der Waals surface area contributed by atoms with Crippen LogP contribution in [0.5, 0.6) is 0 Å². The number of sulfonamides is 1. The van der Waals surface area contributed by atoms with Crippen LogP contribution >= 0.6 is 27.3 Å². The van der Waals surface area contributed by atoms with E-state index in [0.717, 1.165) is 30.9 Å². The smallest absolute Gasteiger partial charge is 0.242 e. The summed E-state index contributed by atoms with van der Waals surface area (Å²) in [7, 11) is -1.60. The molecule has 0 unspecified atom stereocenters. The summed E-state index contributed by atoms with van der Waals surface area (Å²) in [6.07, 6.45) is 1.83. The van der Waals surface area contributed by atoms with E-state index in [4.69, 9.17) is 4.74 Å². The summed E-state index contributed by atoms with van der Waals surface area (Å²) in [4.78, 5) is 1.32. The van der Waals surface area contributed by atoms with Gasteiger partial charge in [0, 0.05) is 31.2 Å². The Hall–Kier alpha value is 0.01000. The highest BCUT2D eigenvalue weighted by Gasteiger charge is 2.23. The number of halogens is 1. The highest BCUT2D eigenvalue weighted by Crippen LogP contribution is 2.31. The van der Waals surface area contributed by atoms with Crippen LogP contribution in [0.25, 0.3) is 0 Å². The summed E-state index contributed by atoms with van der Waals surface area (Å²) in [6, 6.07) is 1.72. The monoisotopic (exact) mass is 382 g/mol. The van der Waals surface area contributed by atoms with Gasteiger partial charge >= 0.3 is 0 Å². The van der Waals surface area contributed by atoms with Gasteiger partial charge in [-0.15, -0.1) is 11.3 Å². The molecule has 1 aromatic heterocycles. The van der Waals surface area contributed by atoms with Crippen LogP contribution < -0.4 is 10.0 Å². The maximum Gasteiger partial charge on any atom is 0.242 e. The van der Waals surface area contributed by atoms with E-state index >= 15 is 0 Å². The summed E-state index contributed by atoms with van der Waals surface area (Å²) in [6.45, 7) is 2.59. The molecule has 0 aliphatic carbocycles. The normalized spacial score (nSPS) is 17.5. The number of nitrogens with one attached hydrogen (secondary N) is 2. The van der Waals surface area contributed by atoms with E-state index in [9.17, 15) is 8.42 Å². The highest BCUT2D eigenvalue weighted by atomic mass is 79.9. The zero-order valence-electron chi connectivity index (χ0n) is 11.3. The third-order valence-electron chi connectivity index (χ3n) is 3.25. The molecule has 1 saturated heterocycles. The third-order valence-corrected chi connectivity index (χ3v) is 6.93. The first-order chi connectivity index (χ1) is 9.53. The van der Waals surface area contributed by atoms with Gasteiger partial charge in [0.25, 0.3) is 0 Å². The molecule has 1 aromatic rings. The predicted octanol–water partition coefficient (Wildman–Crippen LogP) is 1.93. The van der Waals surface area contributed by atoms with Crippen LogP contribution in [0.1, 0.15) is 17.7 Å². The van der Waals surface area contributed by atoms with Gasteiger partial charge in [-0.25, -0.2) is 13.1 Å². The Morgan fingerprint density at radius 2 is 2.15 bits per heavy atom. The summed E-state index contributed by atoms with van der Waals surface area (Å²) in [5.41, 5.74) is 0. The van der Waals surface area contributed by atoms with Crippen molar-refractivity contribution < 1.29 is 13.2 Å². The molecule has 1 fully saturated rings. The summed E-state index contributed by atoms with van der Waals surface area (Å²) in [5.74, 6) is 0.368. The molecule has 0 spiro atoms. The summed E-state index contributed by atoms with van der Waals surface area (Å²) < 4.78 is 33.3. The van der Waals surface area contributed by atoms with Crippen molar-refractivity contribution in [3.63, 3.8) is 0 Å². The van der Waals surface area contributed by atoms with E-state index in [1.807, 2.05) is 7.05 Å². The lowest BCUT2D eigenvalue weighted by Crippen LogP contribution is -2.32. The fourth-order valence-corrected chi connectivity index (χ4v) is 5.91. The van der Waals surface area contributed by atoms with Crippen molar-refractivity contribution in [1.82, 2.24) is 10.0 Å². The van der Waals surface area contributed by atoms with Crippen LogP contribution in [0.15, 0.2) is 14.7 Å². The number of thiophene rings is 1. The lowest BCUT2D eigenvalue weighted by atomic mass is 10.0. The largest absolute Gasteiger partial charge is 0.381 e. The lowest BCUT2D eigenvalue weighted by Gasteiger charge is -2.22. The second-order valence-corrected chi connectivity index (χ2v) is 8.98. The molecule has 5 nitrogen and oxygen atoms in total. The Bertz CT molecular complexity index is 539. The van der Waals surface area contributed by atoms with E-state index in [1.165, 1.54) is 11.3 Å². The first kappa shape index (κ1) is 16.4. The summed E-state index contributed by atoms with van der Waals surface area (Å²) in [5, 5.41) is 3.02. The first-order valence-electron chi connectivity index (χ1n) is 6.53. The van der Waals surface area contributed by atoms with Crippen molar-refractivity contribution in [3.8, 4) is 0 Å². The molecular weight excluding hydrogens is 364 g/mol. The van der Waals surface area contributed by atoms with Crippen molar-refractivity contribution in [1.29, 1.82) is 0 Å². The van der Waals surface area contributed by atoms with Gasteiger partial charge in [-0.1, -0.05) is 0 Å². The minimum atomic E-state index is -3.44. The van der Waals surface area contributed by atoms with Gasteiger partial charge in [-0.2, -0.15) is 0 Å². The number of hydrogen-bond acceptors (Lipinski definition) is 5. The molecule has 1 aliphatic rings. The number of hydrogen-bond donors (Lipinski definition) is 2. The Morgan fingerprint density at radius 3 is 2.80 bits per heavy atom. The Morgan fingerprint density at radius 1 is 1.45 bits per heavy atom. The van der Waals surface area contributed by atoms with Crippen molar-refractivity contribution in [2.75, 3.05) is 26.8 Å². The molecule has 2 rings (SSSR count). The summed E-state index contributed by atoms with van der Waals surface area (Å²) >= 11 is 4.78. The SMILES string of the molecule is CNCc1cc(S(=O)(=O)NCC2CCOCC2)c(Br)s1. The van der Waals surface area contributed by atoms with Crippen molar-refractivity contribution in [2.45, 2.75) is 24.3 Å². The van der Waals surface area contributed by atoms with Crippen LogP contribution in [-0.4, -0.2) is 35.2 Å². The van der Waals surface area contributed by atoms with Crippen molar-refractivity contribution >= 4 is 37.3 Å². The van der Waals surface area contributed by atoms with Gasteiger partial charge in [0.1, 0.15) is 4.90 Å². The quantitative estimate of drug-likeness (QED) is 0.788. The molecule has 2 heterocycles. The molecule has 0 bridgehead atoms. The van der Waals surface area contributed by atoms with Gasteiger partial charge in [0.15, 0.2) is 0 Å². The lowest BCUT2D eigenvalue weighted by molar-refractivity contribution is 0.0678. The Kier molecular flexibility index (Phi) is 6.00. The fourth-order valence-electron chi connectivity index (χ4n) is 2.10. The standard InChI is InChI=1S/C12H19BrN2O3S2/c1-14-8-10-6-11(12(13)19-10)20(16,17)15-7-9-2-4-18-5-3-9/h6,9,14-15H,2-5,7-8H2,1H3. The molecule has 0 amide bonds. The van der Waals surface area contributed by atoms with Gasteiger partial charge < -0.3 is 10.1 Å². The van der Waals surface area contributed by atoms with E-state index in [2.05, 4.69) is 26.0 Å². The van der Waals surface area contributed by atoms with Crippen LogP contribution in [0.4, 0.5) is 0 Å². The van der Waals surface area contributed by atoms with Crippen LogP contribution in [0.3, 0.4) is 0 Å². The maximum atomic E-state index is 12.3. The molecule has 20 heavy (non-hydrogen) atoms. The second-order valence-electron chi connectivity index (χ2n) is 4.79. The van der Waals surface area contributed by atoms with Gasteiger partial charge in [-0.05, 0) is 47.8 Å². The van der Waals surface area contributed by atoms with E-state index in [1.54, 1.807) is 6.07 Å². The molecule has 1 aliphatic heterocycles. The highest BCUT2D eigenvalue weighted by molar-refractivity contribution is 9.11. The molecular formula is C12H19BrN2O3S2. The van der Waals surface area contributed by atoms with E-state index in [0.29, 0.717) is 27.7 Å². The van der Waals surface area contributed by atoms with Crippen LogP contribution in [0, 0.1) is 5.92 Å². The van der Waals surface area contributed by atoms with Crippen LogP contribution in [-0.2, 0) is 21.3 Å². The molecule has 0 atom stereocenters. The Balaban J connectivity index is 2.01. The topological polar surface area (TPSA) is 67.4 Å². The number of rotatable bonds is 6. The average molecular weight is 383 g/mol. The van der Waals surface area contributed by atoms with Crippen molar-refractivity contribution in [2.24, 2.45) is 5.92 Å². The van der Waals surface area contributed by atoms with Crippen LogP contribution in [0.2, 0.25) is 0 Å². The van der Waals surface area contributed by atoms with Gasteiger partial charge in [0.2, 0.25) is 10.0 Å². The zero-order chi connectivity index (χ0) is 14.6. The van der Waals surface area contributed by atoms with Crippen molar-refractivity contribution in [3.05, 3.63) is 14.7 Å². The molecule has 2 N–H and O–H groups in total. The average Bonchev–Trinajstić information content (AvgIpc) is 2.80. The van der Waals surface area contributed by atoms with Gasteiger partial charge in [-0.3, -0.25) is 0 Å². The van der Waals surface area contributed by atoms with E-state index in [-0.39, 0.29) is 0 Å². The third kappa shape index (κ3) is 4.25. The second kappa shape index (κ2) is 7.33. The maximum absolute atomic E-state index is 12.3. The first-order valence-corrected chi connectivity index (χ1v) is 9.62. The van der Waals surface area contributed by atoms with Gasteiger partial charge in [0.05, 0.1) is 3.79 Å². The molecule has 0 aromatic carbocycles. The zero-order valence-corrected chi connectivity index (χ0v) is 14.5. The Labute approximate surface area is 132 Å². The number of ether oxygens (including phenoxy) is 1. The fraction of sp³-hybridized carbons (Fsp3) is 0.667. The molecule has 8 heteroatoms.